The summed E-state index contributed by atoms with van der Waals surface area (Å²) in [6, 6.07) is 6.58. The van der Waals surface area contributed by atoms with Crippen molar-refractivity contribution in [2.75, 3.05) is 5.73 Å². The summed E-state index contributed by atoms with van der Waals surface area (Å²) in [5.74, 6) is 0. The van der Waals surface area contributed by atoms with Crippen LogP contribution in [0.4, 0.5) is 5.69 Å². The summed E-state index contributed by atoms with van der Waals surface area (Å²) in [6.45, 7) is 0. The quantitative estimate of drug-likeness (QED) is 0.373. The van der Waals surface area contributed by atoms with Gasteiger partial charge in [-0.3, -0.25) is 0 Å². The Kier molecular flexibility index (Phi) is 4.20. The van der Waals surface area contributed by atoms with E-state index in [1.54, 1.807) is 18.2 Å². The van der Waals surface area contributed by atoms with Gasteiger partial charge in [0.25, 0.3) is 0 Å². The van der Waals surface area contributed by atoms with Gasteiger partial charge in [0.2, 0.25) is 0 Å². The van der Waals surface area contributed by atoms with Crippen molar-refractivity contribution in [1.29, 1.82) is 0 Å². The zero-order valence-electron chi connectivity index (χ0n) is 8.78. The third-order valence-electron chi connectivity index (χ3n) is 2.38. The Balaban J connectivity index is 2.75. The molecule has 2 rings (SSSR count). The lowest BCUT2D eigenvalue weighted by Gasteiger charge is -2.12. The summed E-state index contributed by atoms with van der Waals surface area (Å²) in [4.78, 5) is 0. The number of rotatable bonds is 1. The Hall–Kier alpha value is -0.310. The molecule has 0 spiro atoms. The minimum absolute atomic E-state index is 0.241. The van der Waals surface area contributed by atoms with Crippen molar-refractivity contribution in [2.24, 2.45) is 0 Å². The van der Waals surface area contributed by atoms with Gasteiger partial charge in [0, 0.05) is 16.8 Å². The molecular weight excluding hydrogens is 335 g/mol. The molecule has 0 aliphatic rings. The molecule has 0 radical (unpaired) electrons. The summed E-state index contributed by atoms with van der Waals surface area (Å²) in [7, 11) is 0. The maximum absolute atomic E-state index is 6.16. The van der Waals surface area contributed by atoms with Crippen LogP contribution in [0.2, 0.25) is 25.1 Å². The molecule has 0 saturated heterocycles. The summed E-state index contributed by atoms with van der Waals surface area (Å²) < 4.78 is 0. The maximum atomic E-state index is 6.16. The number of nitrogens with two attached hydrogens (primary N) is 1. The Morgan fingerprint density at radius 2 is 1.39 bits per heavy atom. The second kappa shape index (κ2) is 5.36. The van der Waals surface area contributed by atoms with E-state index >= 15 is 0 Å². The third kappa shape index (κ3) is 2.52. The highest BCUT2D eigenvalue weighted by Crippen LogP contribution is 2.45. The molecule has 0 saturated carbocycles. The predicted molar refractivity (Wildman–Crippen MR) is 81.3 cm³/mol. The summed E-state index contributed by atoms with van der Waals surface area (Å²) in [6.07, 6.45) is 0. The fourth-order valence-corrected chi connectivity index (χ4v) is 2.95. The van der Waals surface area contributed by atoms with Gasteiger partial charge in [-0.2, -0.15) is 0 Å². The topological polar surface area (TPSA) is 26.0 Å². The van der Waals surface area contributed by atoms with E-state index in [-0.39, 0.29) is 10.0 Å². The number of hydrogen-bond donors (Lipinski definition) is 1. The number of anilines is 1. The molecule has 0 aliphatic heterocycles. The Bertz CT molecular complexity index is 624. The van der Waals surface area contributed by atoms with Gasteiger partial charge in [-0.15, -0.1) is 0 Å². The molecule has 0 fully saturated rings. The van der Waals surface area contributed by atoms with Crippen LogP contribution in [0.15, 0.2) is 24.3 Å². The van der Waals surface area contributed by atoms with E-state index in [9.17, 15) is 0 Å². The average Bonchev–Trinajstić information content (AvgIpc) is 2.29. The fraction of sp³-hybridized carbons (Fsp3) is 0. The Labute approximate surface area is 129 Å². The first-order valence-corrected chi connectivity index (χ1v) is 6.69. The van der Waals surface area contributed by atoms with Crippen LogP contribution in [0.25, 0.3) is 11.1 Å². The minimum atomic E-state index is 0.241. The second-order valence-electron chi connectivity index (χ2n) is 3.58. The summed E-state index contributed by atoms with van der Waals surface area (Å²) in [5.41, 5.74) is 7.38. The highest BCUT2D eigenvalue weighted by Gasteiger charge is 2.17. The Morgan fingerprint density at radius 3 is 2.00 bits per heavy atom. The van der Waals surface area contributed by atoms with Crippen molar-refractivity contribution in [2.45, 2.75) is 0 Å². The molecule has 0 bridgehead atoms. The summed E-state index contributed by atoms with van der Waals surface area (Å²) >= 11 is 30.3. The molecule has 0 amide bonds. The van der Waals surface area contributed by atoms with Crippen LogP contribution in [-0.2, 0) is 0 Å². The van der Waals surface area contributed by atoms with Crippen molar-refractivity contribution >= 4 is 63.7 Å². The van der Waals surface area contributed by atoms with Gasteiger partial charge < -0.3 is 5.73 Å². The van der Waals surface area contributed by atoms with Crippen LogP contribution in [0.3, 0.4) is 0 Å². The van der Waals surface area contributed by atoms with Crippen LogP contribution < -0.4 is 5.73 Å². The number of halogens is 5. The Morgan fingerprint density at radius 1 is 0.722 bits per heavy atom. The minimum Gasteiger partial charge on any atom is -0.399 e. The van der Waals surface area contributed by atoms with E-state index in [0.29, 0.717) is 31.9 Å². The first-order chi connectivity index (χ1) is 8.41. The normalized spacial score (nSPS) is 10.7. The molecule has 0 unspecified atom stereocenters. The van der Waals surface area contributed by atoms with E-state index in [4.69, 9.17) is 63.7 Å². The number of benzene rings is 2. The monoisotopic (exact) mass is 339 g/mol. The van der Waals surface area contributed by atoms with Gasteiger partial charge in [0.1, 0.15) is 0 Å². The van der Waals surface area contributed by atoms with Crippen molar-refractivity contribution < 1.29 is 0 Å². The highest BCUT2D eigenvalue weighted by molar-refractivity contribution is 6.51. The van der Waals surface area contributed by atoms with Crippen LogP contribution >= 0.6 is 58.0 Å². The lowest BCUT2D eigenvalue weighted by molar-refractivity contribution is 1.61. The molecule has 0 aliphatic carbocycles. The van der Waals surface area contributed by atoms with Gasteiger partial charge in [-0.1, -0.05) is 64.1 Å². The van der Waals surface area contributed by atoms with Crippen molar-refractivity contribution in [3.05, 3.63) is 49.4 Å². The van der Waals surface area contributed by atoms with E-state index in [1.165, 1.54) is 6.07 Å². The van der Waals surface area contributed by atoms with Crippen LogP contribution in [0, 0.1) is 0 Å². The van der Waals surface area contributed by atoms with Gasteiger partial charge >= 0.3 is 0 Å². The molecule has 1 nitrogen and oxygen atoms in total. The molecule has 2 N–H and O–H groups in total. The largest absolute Gasteiger partial charge is 0.399 e. The highest BCUT2D eigenvalue weighted by atomic mass is 35.5. The SMILES string of the molecule is Nc1ccc(-c2c(Cl)cc(Cl)c(Cl)c2Cl)c(Cl)c1. The third-order valence-corrected chi connectivity index (χ3v) is 4.25. The molecule has 6 heteroatoms. The molecular formula is C12H6Cl5N. The van der Waals surface area contributed by atoms with Gasteiger partial charge in [-0.05, 0) is 18.2 Å². The molecule has 2 aromatic carbocycles. The van der Waals surface area contributed by atoms with Crippen molar-refractivity contribution in [3.63, 3.8) is 0 Å². The molecule has 2 aromatic rings. The molecule has 0 aromatic heterocycles. The average molecular weight is 341 g/mol. The van der Waals surface area contributed by atoms with E-state index < -0.39 is 0 Å². The standard InChI is InChI=1S/C12H6Cl5N/c13-7-3-5(18)1-2-6(7)10-8(14)4-9(15)11(16)12(10)17/h1-4H,18H2. The first kappa shape index (κ1) is 14.1. The zero-order chi connectivity index (χ0) is 13.4. The van der Waals surface area contributed by atoms with E-state index in [2.05, 4.69) is 0 Å². The predicted octanol–water partition coefficient (Wildman–Crippen LogP) is 6.20. The molecule has 94 valence electrons. The van der Waals surface area contributed by atoms with Crippen molar-refractivity contribution in [3.8, 4) is 11.1 Å². The summed E-state index contributed by atoms with van der Waals surface area (Å²) in [5, 5.41) is 1.62. The van der Waals surface area contributed by atoms with Crippen molar-refractivity contribution in [1.82, 2.24) is 0 Å². The second-order valence-corrected chi connectivity index (χ2v) is 5.56. The van der Waals surface area contributed by atoms with Crippen LogP contribution in [-0.4, -0.2) is 0 Å². The van der Waals surface area contributed by atoms with Crippen LogP contribution in [0.1, 0.15) is 0 Å². The number of nitrogen functional groups attached to an aromatic ring is 1. The lowest BCUT2D eigenvalue weighted by atomic mass is 10.0. The van der Waals surface area contributed by atoms with Gasteiger partial charge in [0.15, 0.2) is 0 Å². The van der Waals surface area contributed by atoms with Gasteiger partial charge in [0.05, 0.1) is 25.1 Å². The molecule has 0 heterocycles. The van der Waals surface area contributed by atoms with Crippen LogP contribution in [0.5, 0.6) is 0 Å². The van der Waals surface area contributed by atoms with E-state index in [0.717, 1.165) is 0 Å². The maximum Gasteiger partial charge on any atom is 0.0785 e. The molecule has 0 atom stereocenters. The fourth-order valence-electron chi connectivity index (χ4n) is 1.55. The zero-order valence-corrected chi connectivity index (χ0v) is 12.6. The lowest BCUT2D eigenvalue weighted by Crippen LogP contribution is -1.89. The molecule has 18 heavy (non-hydrogen) atoms. The van der Waals surface area contributed by atoms with Gasteiger partial charge in [-0.25, -0.2) is 0 Å². The first-order valence-electron chi connectivity index (χ1n) is 4.80. The van der Waals surface area contributed by atoms with E-state index in [1.807, 2.05) is 0 Å². The smallest absolute Gasteiger partial charge is 0.0785 e. The number of hydrogen-bond acceptors (Lipinski definition) is 1.